The topological polar surface area (TPSA) is 138 Å². The van der Waals surface area contributed by atoms with E-state index in [0.717, 1.165) is 0 Å². The van der Waals surface area contributed by atoms with Gasteiger partial charge in [0, 0.05) is 22.0 Å². The van der Waals surface area contributed by atoms with E-state index in [1.807, 2.05) is 0 Å². The van der Waals surface area contributed by atoms with E-state index < -0.39 is 26.7 Å². The quantitative estimate of drug-likeness (QED) is 0.156. The van der Waals surface area contributed by atoms with Crippen molar-refractivity contribution in [2.24, 2.45) is 10.2 Å². The summed E-state index contributed by atoms with van der Waals surface area (Å²) in [6, 6.07) is 15.8. The summed E-state index contributed by atoms with van der Waals surface area (Å²) >= 11 is 12.0. The Labute approximate surface area is 228 Å². The highest BCUT2D eigenvalue weighted by molar-refractivity contribution is 7.86. The van der Waals surface area contributed by atoms with Gasteiger partial charge in [-0.2, -0.15) is 13.5 Å². The van der Waals surface area contributed by atoms with Crippen molar-refractivity contribution < 1.29 is 27.6 Å². The first-order chi connectivity index (χ1) is 18.0. The van der Waals surface area contributed by atoms with Crippen LogP contribution in [0.15, 0.2) is 75.8 Å². The maximum Gasteiger partial charge on any atom is 0.296 e. The molecule has 0 atom stereocenters. The zero-order chi connectivity index (χ0) is 27.6. The van der Waals surface area contributed by atoms with Crippen LogP contribution < -0.4 is 10.1 Å². The summed E-state index contributed by atoms with van der Waals surface area (Å²) in [6.45, 7) is 1.67. The van der Waals surface area contributed by atoms with Gasteiger partial charge in [0.1, 0.15) is 16.3 Å². The van der Waals surface area contributed by atoms with Gasteiger partial charge in [-0.3, -0.25) is 9.35 Å². The molecule has 0 radical (unpaired) electrons. The number of hydrogen-bond acceptors (Lipinski definition) is 7. The van der Waals surface area contributed by atoms with Crippen molar-refractivity contribution in [1.29, 1.82) is 0 Å². The Morgan fingerprint density at radius 1 is 1.05 bits per heavy atom. The number of hydrogen-bond donors (Lipinski definition) is 3. The number of carbonyl (C=O) groups excluding carboxylic acids is 1. The highest BCUT2D eigenvalue weighted by atomic mass is 35.5. The van der Waals surface area contributed by atoms with Crippen molar-refractivity contribution in [3.63, 3.8) is 0 Å². The van der Waals surface area contributed by atoms with Gasteiger partial charge in [-0.05, 0) is 42.1 Å². The molecule has 0 unspecified atom stereocenters. The van der Waals surface area contributed by atoms with Crippen molar-refractivity contribution in [2.45, 2.75) is 18.2 Å². The number of amides is 1. The number of anilines is 1. The van der Waals surface area contributed by atoms with Crippen LogP contribution in [0.2, 0.25) is 10.0 Å². The summed E-state index contributed by atoms with van der Waals surface area (Å²) in [7, 11) is -3.20. The smallest absolute Gasteiger partial charge is 0.296 e. The van der Waals surface area contributed by atoms with E-state index in [9.17, 15) is 22.9 Å². The van der Waals surface area contributed by atoms with Crippen molar-refractivity contribution in [3.8, 4) is 11.5 Å². The number of methoxy groups -OCH3 is 1. The number of phenolic OH excluding ortho intramolecular Hbond substituents is 1. The second-order valence-electron chi connectivity index (χ2n) is 8.04. The van der Waals surface area contributed by atoms with Crippen LogP contribution in [0, 0.1) is 0 Å². The van der Waals surface area contributed by atoms with E-state index in [1.54, 1.807) is 43.3 Å². The number of nitrogens with zero attached hydrogens (tertiary/aromatic N) is 2. The van der Waals surface area contributed by atoms with Gasteiger partial charge in [0.25, 0.3) is 16.0 Å². The molecular formula is C26H21Cl2N3O6S. The first-order valence-electron chi connectivity index (χ1n) is 11.1. The molecule has 4 aromatic rings. The molecule has 0 saturated heterocycles. The summed E-state index contributed by atoms with van der Waals surface area (Å²) in [5, 5.41) is 23.5. The normalized spacial score (nSPS) is 11.7. The fraction of sp³-hybridized carbons (Fsp3) is 0.115. The van der Waals surface area contributed by atoms with Gasteiger partial charge in [-0.25, -0.2) is 0 Å². The molecule has 0 bridgehead atoms. The predicted octanol–water partition coefficient (Wildman–Crippen LogP) is 7.34. The summed E-state index contributed by atoms with van der Waals surface area (Å²) in [4.78, 5) is 12.7. The molecular weight excluding hydrogens is 553 g/mol. The van der Waals surface area contributed by atoms with E-state index in [4.69, 9.17) is 27.9 Å². The lowest BCUT2D eigenvalue weighted by Crippen LogP contribution is -2.13. The number of nitrogens with one attached hydrogen (secondary N) is 1. The van der Waals surface area contributed by atoms with E-state index in [1.165, 1.54) is 31.4 Å². The Hall–Kier alpha value is -3.70. The van der Waals surface area contributed by atoms with Crippen molar-refractivity contribution >= 4 is 67.1 Å². The minimum absolute atomic E-state index is 0.0123. The third kappa shape index (κ3) is 5.44. The van der Waals surface area contributed by atoms with Crippen molar-refractivity contribution in [1.82, 2.24) is 0 Å². The minimum atomic E-state index is -4.64. The van der Waals surface area contributed by atoms with Crippen LogP contribution in [0.5, 0.6) is 11.5 Å². The second kappa shape index (κ2) is 11.0. The Balaban J connectivity index is 1.83. The zero-order valence-electron chi connectivity index (χ0n) is 20.1. The molecule has 0 spiro atoms. The average molecular weight is 574 g/mol. The molecule has 0 aromatic heterocycles. The van der Waals surface area contributed by atoms with Crippen molar-refractivity contribution in [3.05, 3.63) is 81.8 Å². The summed E-state index contributed by atoms with van der Waals surface area (Å²) in [5.74, 6) is -0.755. The summed E-state index contributed by atoms with van der Waals surface area (Å²) in [6.07, 6.45) is 0.169. The van der Waals surface area contributed by atoms with Crippen LogP contribution in [0.3, 0.4) is 0 Å². The Morgan fingerprint density at radius 2 is 1.79 bits per heavy atom. The lowest BCUT2D eigenvalue weighted by Gasteiger charge is -2.13. The molecule has 0 aliphatic heterocycles. The van der Waals surface area contributed by atoms with Crippen LogP contribution in [-0.2, 0) is 16.5 Å². The average Bonchev–Trinajstić information content (AvgIpc) is 2.88. The van der Waals surface area contributed by atoms with Crippen LogP contribution in [0.1, 0.15) is 22.8 Å². The van der Waals surface area contributed by atoms with Crippen LogP contribution in [0.25, 0.3) is 10.8 Å². The van der Waals surface area contributed by atoms with Crippen LogP contribution in [0.4, 0.5) is 17.1 Å². The molecule has 4 aromatic carbocycles. The van der Waals surface area contributed by atoms with Gasteiger partial charge in [0.15, 0.2) is 5.75 Å². The minimum Gasteiger partial charge on any atom is -0.505 e. The molecule has 196 valence electrons. The van der Waals surface area contributed by atoms with Crippen molar-refractivity contribution in [2.75, 3.05) is 12.4 Å². The van der Waals surface area contributed by atoms with Gasteiger partial charge < -0.3 is 15.2 Å². The maximum atomic E-state index is 13.2. The van der Waals surface area contributed by atoms with E-state index in [2.05, 4.69) is 15.5 Å². The number of aromatic hydroxyl groups is 1. The molecule has 0 fully saturated rings. The molecule has 0 heterocycles. The molecule has 0 saturated carbocycles. The molecule has 38 heavy (non-hydrogen) atoms. The van der Waals surface area contributed by atoms with Gasteiger partial charge in [-0.1, -0.05) is 54.4 Å². The highest BCUT2D eigenvalue weighted by Gasteiger charge is 2.23. The van der Waals surface area contributed by atoms with E-state index >= 15 is 0 Å². The predicted molar refractivity (Wildman–Crippen MR) is 146 cm³/mol. The Morgan fingerprint density at radius 3 is 2.47 bits per heavy atom. The maximum absolute atomic E-state index is 13.2. The molecule has 9 nitrogen and oxygen atoms in total. The molecule has 12 heteroatoms. The first-order valence-corrected chi connectivity index (χ1v) is 13.3. The first kappa shape index (κ1) is 27.3. The number of azo groups is 1. The zero-order valence-corrected chi connectivity index (χ0v) is 22.4. The number of halogens is 2. The van der Waals surface area contributed by atoms with Gasteiger partial charge in [-0.15, -0.1) is 5.11 Å². The second-order valence-corrected chi connectivity index (χ2v) is 10.2. The largest absolute Gasteiger partial charge is 0.505 e. The summed E-state index contributed by atoms with van der Waals surface area (Å²) in [5.41, 5.74) is 0.510. The molecule has 0 aliphatic rings. The third-order valence-corrected chi connectivity index (χ3v) is 7.35. The number of rotatable bonds is 7. The van der Waals surface area contributed by atoms with Crippen LogP contribution in [-0.4, -0.2) is 31.1 Å². The molecule has 0 aliphatic carbocycles. The number of benzene rings is 4. The number of phenols is 1. The van der Waals surface area contributed by atoms with Gasteiger partial charge in [0.2, 0.25) is 0 Å². The Bertz CT molecular complexity index is 1710. The fourth-order valence-corrected chi connectivity index (χ4v) is 5.46. The standard InChI is InChI=1S/C26H21Cl2N3O6S/c1-3-16-20(11-9-19(28)25(16)38(34,35)36)30-31-23-17-7-5-4-6-14(17)12-18(24(23)32)26(33)29-21-10-8-15(27)13-22(21)37-2/h4-13,32H,3H2,1-2H3,(H,29,33)(H,34,35,36). The Kier molecular flexibility index (Phi) is 7.89. The SMILES string of the molecule is CCc1c(N=Nc2c(O)c(C(=O)Nc3ccc(Cl)cc3OC)cc3ccccc23)ccc(Cl)c1S(=O)(=O)O. The van der Waals surface area contributed by atoms with Gasteiger partial charge in [0.05, 0.1) is 29.1 Å². The third-order valence-electron chi connectivity index (χ3n) is 5.71. The highest BCUT2D eigenvalue weighted by Crippen LogP contribution is 2.41. The summed E-state index contributed by atoms with van der Waals surface area (Å²) < 4.78 is 38.8. The van der Waals surface area contributed by atoms with Gasteiger partial charge >= 0.3 is 0 Å². The van der Waals surface area contributed by atoms with E-state index in [-0.39, 0.29) is 33.9 Å². The molecule has 1 amide bonds. The molecule has 3 N–H and O–H groups in total. The molecule has 4 rings (SSSR count). The lowest BCUT2D eigenvalue weighted by atomic mass is 10.0. The lowest BCUT2D eigenvalue weighted by molar-refractivity contribution is 0.102. The monoisotopic (exact) mass is 573 g/mol. The number of carbonyl (C=O) groups is 1. The fourth-order valence-electron chi connectivity index (χ4n) is 3.96. The number of ether oxygens (including phenoxy) is 1. The van der Waals surface area contributed by atoms with E-state index in [0.29, 0.717) is 27.2 Å². The number of fused-ring (bicyclic) bond motifs is 1. The van der Waals surface area contributed by atoms with Crippen LogP contribution >= 0.6 is 23.2 Å².